The van der Waals surface area contributed by atoms with Crippen molar-refractivity contribution in [1.29, 1.82) is 0 Å². The normalized spacial score (nSPS) is 9.86. The standard InChI is InChI=1S/C8H6ClNO3S/c9-6-1-2-7(10(12)13)5(3-6)4-8(11)14/h1-3H,4H2,(H,11,14). The topological polar surface area (TPSA) is 60.2 Å². The van der Waals surface area contributed by atoms with Gasteiger partial charge in [-0.25, -0.2) is 0 Å². The number of nitro benzene ring substituents is 1. The molecule has 74 valence electrons. The number of benzene rings is 1. The summed E-state index contributed by atoms with van der Waals surface area (Å²) in [5, 5.41) is 10.5. The average molecular weight is 232 g/mol. The lowest BCUT2D eigenvalue weighted by atomic mass is 10.1. The van der Waals surface area contributed by atoms with Gasteiger partial charge in [0.25, 0.3) is 5.69 Å². The number of carbonyl (C=O) groups is 1. The molecule has 0 spiro atoms. The molecule has 0 aromatic heterocycles. The van der Waals surface area contributed by atoms with Gasteiger partial charge < -0.3 is 0 Å². The van der Waals surface area contributed by atoms with Gasteiger partial charge in [-0.15, -0.1) is 12.6 Å². The van der Waals surface area contributed by atoms with Crippen molar-refractivity contribution in [1.82, 2.24) is 0 Å². The van der Waals surface area contributed by atoms with Crippen LogP contribution in [-0.2, 0) is 11.2 Å². The zero-order valence-corrected chi connectivity index (χ0v) is 8.59. The SMILES string of the molecule is O=C(S)Cc1cc(Cl)ccc1[N+](=O)[O-]. The molecule has 0 saturated carbocycles. The summed E-state index contributed by atoms with van der Waals surface area (Å²) in [6, 6.07) is 4.08. The Labute approximate surface area is 90.4 Å². The molecule has 0 heterocycles. The van der Waals surface area contributed by atoms with Gasteiger partial charge in [0.1, 0.15) is 0 Å². The van der Waals surface area contributed by atoms with Gasteiger partial charge in [-0.1, -0.05) is 11.6 Å². The molecule has 14 heavy (non-hydrogen) atoms. The van der Waals surface area contributed by atoms with Crippen molar-refractivity contribution >= 4 is 35.0 Å². The molecule has 0 fully saturated rings. The Morgan fingerprint density at radius 2 is 2.21 bits per heavy atom. The molecule has 0 atom stereocenters. The second-order valence-electron chi connectivity index (χ2n) is 2.60. The van der Waals surface area contributed by atoms with Crippen molar-refractivity contribution in [3.8, 4) is 0 Å². The summed E-state index contributed by atoms with van der Waals surface area (Å²) >= 11 is 9.20. The molecule has 1 aromatic carbocycles. The number of hydrogen-bond donors (Lipinski definition) is 1. The van der Waals surface area contributed by atoms with Crippen molar-refractivity contribution in [2.75, 3.05) is 0 Å². The minimum atomic E-state index is -0.553. The smallest absolute Gasteiger partial charge is 0.273 e. The lowest BCUT2D eigenvalue weighted by molar-refractivity contribution is -0.385. The summed E-state index contributed by atoms with van der Waals surface area (Å²) in [6.45, 7) is 0. The van der Waals surface area contributed by atoms with Crippen LogP contribution in [0.3, 0.4) is 0 Å². The summed E-state index contributed by atoms with van der Waals surface area (Å²) in [5.41, 5.74) is 0.166. The van der Waals surface area contributed by atoms with Gasteiger partial charge in [0.05, 0.1) is 4.92 Å². The Hall–Kier alpha value is -1.07. The van der Waals surface area contributed by atoms with Crippen molar-refractivity contribution < 1.29 is 9.72 Å². The van der Waals surface area contributed by atoms with Gasteiger partial charge in [-0.3, -0.25) is 14.9 Å². The van der Waals surface area contributed by atoms with E-state index in [1.54, 1.807) is 0 Å². The molecule has 0 aliphatic heterocycles. The van der Waals surface area contributed by atoms with Gasteiger partial charge in [0.15, 0.2) is 5.12 Å². The first-order valence-corrected chi connectivity index (χ1v) is 4.48. The molecular weight excluding hydrogens is 226 g/mol. The summed E-state index contributed by atoms with van der Waals surface area (Å²) in [6.07, 6.45) is -0.0972. The molecule has 1 aromatic rings. The van der Waals surface area contributed by atoms with Crippen molar-refractivity contribution in [3.63, 3.8) is 0 Å². The predicted molar refractivity (Wildman–Crippen MR) is 55.8 cm³/mol. The van der Waals surface area contributed by atoms with Crippen LogP contribution in [0.2, 0.25) is 5.02 Å². The van der Waals surface area contributed by atoms with Crippen LogP contribution in [0.25, 0.3) is 0 Å². The van der Waals surface area contributed by atoms with E-state index in [-0.39, 0.29) is 17.7 Å². The Bertz CT molecular complexity index is 394. The third kappa shape index (κ3) is 2.71. The predicted octanol–water partition coefficient (Wildman–Crippen LogP) is 2.25. The average Bonchev–Trinajstić information content (AvgIpc) is 2.01. The van der Waals surface area contributed by atoms with Crippen LogP contribution in [-0.4, -0.2) is 10.0 Å². The molecule has 0 amide bonds. The number of rotatable bonds is 3. The lowest BCUT2D eigenvalue weighted by Gasteiger charge is -2.00. The Kier molecular flexibility index (Phi) is 3.49. The third-order valence-electron chi connectivity index (χ3n) is 1.58. The molecule has 0 aliphatic rings. The highest BCUT2D eigenvalue weighted by atomic mass is 35.5. The molecule has 0 aliphatic carbocycles. The second-order valence-corrected chi connectivity index (χ2v) is 3.54. The first-order valence-electron chi connectivity index (χ1n) is 3.65. The first-order chi connectivity index (χ1) is 6.50. The van der Waals surface area contributed by atoms with E-state index in [0.29, 0.717) is 5.02 Å². The van der Waals surface area contributed by atoms with Gasteiger partial charge in [-0.05, 0) is 12.1 Å². The van der Waals surface area contributed by atoms with E-state index in [1.165, 1.54) is 18.2 Å². The number of hydrogen-bond acceptors (Lipinski definition) is 3. The number of nitro groups is 1. The monoisotopic (exact) mass is 231 g/mol. The van der Waals surface area contributed by atoms with Crippen molar-refractivity contribution in [3.05, 3.63) is 38.9 Å². The maximum absolute atomic E-state index is 10.7. The van der Waals surface area contributed by atoms with E-state index in [2.05, 4.69) is 12.6 Å². The Morgan fingerprint density at radius 1 is 1.57 bits per heavy atom. The number of thiol groups is 1. The van der Waals surface area contributed by atoms with Crippen LogP contribution in [0.5, 0.6) is 0 Å². The molecule has 4 nitrogen and oxygen atoms in total. The second kappa shape index (κ2) is 4.43. The molecule has 0 N–H and O–H groups in total. The molecular formula is C8H6ClNO3S. The number of halogens is 1. The van der Waals surface area contributed by atoms with Crippen LogP contribution in [0.1, 0.15) is 5.56 Å². The summed E-state index contributed by atoms with van der Waals surface area (Å²) < 4.78 is 0. The van der Waals surface area contributed by atoms with Crippen LogP contribution in [0, 0.1) is 10.1 Å². The van der Waals surface area contributed by atoms with Gasteiger partial charge in [-0.2, -0.15) is 0 Å². The summed E-state index contributed by atoms with van der Waals surface area (Å²) in [5.74, 6) is 0. The maximum atomic E-state index is 10.7. The quantitative estimate of drug-likeness (QED) is 0.493. The molecule has 6 heteroatoms. The minimum absolute atomic E-state index is 0.0972. The van der Waals surface area contributed by atoms with Crippen LogP contribution in [0.15, 0.2) is 18.2 Å². The van der Waals surface area contributed by atoms with Crippen molar-refractivity contribution in [2.45, 2.75) is 6.42 Å². The third-order valence-corrected chi connectivity index (χ3v) is 1.97. The van der Waals surface area contributed by atoms with Crippen molar-refractivity contribution in [2.24, 2.45) is 0 Å². The molecule has 0 unspecified atom stereocenters. The summed E-state index contributed by atoms with van der Waals surface area (Å²) in [7, 11) is 0. The van der Waals surface area contributed by atoms with E-state index in [4.69, 9.17) is 11.6 Å². The zero-order valence-electron chi connectivity index (χ0n) is 6.94. The van der Waals surface area contributed by atoms with E-state index >= 15 is 0 Å². The molecule has 0 radical (unpaired) electrons. The van der Waals surface area contributed by atoms with Crippen LogP contribution < -0.4 is 0 Å². The van der Waals surface area contributed by atoms with Gasteiger partial charge >= 0.3 is 0 Å². The number of carbonyl (C=O) groups excluding carboxylic acids is 1. The lowest BCUT2D eigenvalue weighted by Crippen LogP contribution is -1.99. The highest BCUT2D eigenvalue weighted by Crippen LogP contribution is 2.23. The molecule has 0 saturated heterocycles. The highest BCUT2D eigenvalue weighted by Gasteiger charge is 2.15. The van der Waals surface area contributed by atoms with Gasteiger partial charge in [0.2, 0.25) is 0 Å². The van der Waals surface area contributed by atoms with E-state index < -0.39 is 10.0 Å². The first kappa shape index (κ1) is 11.0. The fraction of sp³-hybridized carbons (Fsp3) is 0.125. The minimum Gasteiger partial charge on any atom is -0.287 e. The van der Waals surface area contributed by atoms with E-state index in [0.717, 1.165) is 0 Å². The van der Waals surface area contributed by atoms with Crippen LogP contribution in [0.4, 0.5) is 5.69 Å². The zero-order chi connectivity index (χ0) is 10.7. The molecule has 1 rings (SSSR count). The van der Waals surface area contributed by atoms with E-state index in [1.807, 2.05) is 0 Å². The van der Waals surface area contributed by atoms with Gasteiger partial charge in [0, 0.05) is 23.1 Å². The fourth-order valence-corrected chi connectivity index (χ4v) is 1.40. The number of nitrogens with zero attached hydrogens (tertiary/aromatic N) is 1. The largest absolute Gasteiger partial charge is 0.287 e. The Morgan fingerprint density at radius 3 is 2.71 bits per heavy atom. The van der Waals surface area contributed by atoms with Crippen LogP contribution >= 0.6 is 24.2 Å². The summed E-state index contributed by atoms with van der Waals surface area (Å²) in [4.78, 5) is 20.7. The highest BCUT2D eigenvalue weighted by molar-refractivity contribution is 7.96. The maximum Gasteiger partial charge on any atom is 0.273 e. The Balaban J connectivity index is 3.15. The fourth-order valence-electron chi connectivity index (χ4n) is 1.04. The molecule has 0 bridgehead atoms. The van der Waals surface area contributed by atoms with E-state index in [9.17, 15) is 14.9 Å².